The van der Waals surface area contributed by atoms with Crippen molar-refractivity contribution in [3.8, 4) is 0 Å². The summed E-state index contributed by atoms with van der Waals surface area (Å²) in [7, 11) is 0. The Morgan fingerprint density at radius 2 is 1.53 bits per heavy atom. The fourth-order valence-electron chi connectivity index (χ4n) is 2.43. The molecular formula is C14H20O. The Bertz CT molecular complexity index is 349. The molecule has 2 rings (SSSR count). The minimum Gasteiger partial charge on any atom is -0.381 e. The summed E-state index contributed by atoms with van der Waals surface area (Å²) in [5.74, 6) is 0.720. The molecule has 15 heavy (non-hydrogen) atoms. The fraction of sp³-hybridized carbons (Fsp3) is 0.571. The van der Waals surface area contributed by atoms with Crippen LogP contribution in [0.1, 0.15) is 41.0 Å². The highest BCUT2D eigenvalue weighted by atomic mass is 16.5. The molecule has 0 saturated carbocycles. The highest BCUT2D eigenvalue weighted by Gasteiger charge is 2.17. The number of hydrogen-bond donors (Lipinski definition) is 0. The zero-order valence-electron chi connectivity index (χ0n) is 9.97. The average molecular weight is 204 g/mol. The molecule has 1 heterocycles. The Hall–Kier alpha value is -0.820. The highest BCUT2D eigenvalue weighted by Crippen LogP contribution is 2.30. The van der Waals surface area contributed by atoms with E-state index in [9.17, 15) is 0 Å². The average Bonchev–Trinajstić information content (AvgIpc) is 2.25. The number of aryl methyl sites for hydroxylation is 3. The smallest absolute Gasteiger partial charge is 0.0471 e. The van der Waals surface area contributed by atoms with Gasteiger partial charge in [0.1, 0.15) is 0 Å². The van der Waals surface area contributed by atoms with Crippen molar-refractivity contribution < 1.29 is 4.74 Å². The molecule has 0 atom stereocenters. The monoisotopic (exact) mass is 204 g/mol. The van der Waals surface area contributed by atoms with Crippen molar-refractivity contribution in [1.82, 2.24) is 0 Å². The summed E-state index contributed by atoms with van der Waals surface area (Å²) >= 11 is 0. The fourth-order valence-corrected chi connectivity index (χ4v) is 2.43. The van der Waals surface area contributed by atoms with Gasteiger partial charge < -0.3 is 4.74 Å². The van der Waals surface area contributed by atoms with Crippen LogP contribution in [0.25, 0.3) is 0 Å². The lowest BCUT2D eigenvalue weighted by Gasteiger charge is -2.24. The van der Waals surface area contributed by atoms with Gasteiger partial charge in [-0.2, -0.15) is 0 Å². The lowest BCUT2D eigenvalue weighted by molar-refractivity contribution is 0.0852. The second-order valence-electron chi connectivity index (χ2n) is 4.68. The summed E-state index contributed by atoms with van der Waals surface area (Å²) in [6.45, 7) is 8.49. The standard InChI is InChI=1S/C14H20O/c1-10-8-12(3)14(9-11(10)2)13-4-6-15-7-5-13/h8-9,13H,4-7H2,1-3H3. The molecule has 0 spiro atoms. The molecule has 1 aliphatic heterocycles. The van der Waals surface area contributed by atoms with Crippen LogP contribution in [0.5, 0.6) is 0 Å². The third-order valence-electron chi connectivity index (χ3n) is 3.54. The van der Waals surface area contributed by atoms with E-state index in [1.807, 2.05) is 0 Å². The van der Waals surface area contributed by atoms with Crippen LogP contribution in [0.2, 0.25) is 0 Å². The van der Waals surface area contributed by atoms with Crippen LogP contribution < -0.4 is 0 Å². The van der Waals surface area contributed by atoms with Gasteiger partial charge in [-0.3, -0.25) is 0 Å². The number of rotatable bonds is 1. The Morgan fingerprint density at radius 1 is 0.933 bits per heavy atom. The molecule has 0 N–H and O–H groups in total. The third-order valence-corrected chi connectivity index (χ3v) is 3.54. The molecule has 0 bridgehead atoms. The largest absolute Gasteiger partial charge is 0.381 e. The van der Waals surface area contributed by atoms with Crippen molar-refractivity contribution in [3.05, 3.63) is 34.4 Å². The maximum absolute atomic E-state index is 5.42. The second kappa shape index (κ2) is 4.36. The lowest BCUT2D eigenvalue weighted by atomic mass is 9.86. The van der Waals surface area contributed by atoms with Gasteiger partial charge in [-0.1, -0.05) is 12.1 Å². The van der Waals surface area contributed by atoms with E-state index in [1.54, 1.807) is 5.56 Å². The van der Waals surface area contributed by atoms with Crippen LogP contribution in [-0.4, -0.2) is 13.2 Å². The van der Waals surface area contributed by atoms with Crippen molar-refractivity contribution in [2.45, 2.75) is 39.5 Å². The Kier molecular flexibility index (Phi) is 3.11. The van der Waals surface area contributed by atoms with Crippen molar-refractivity contribution in [3.63, 3.8) is 0 Å². The van der Waals surface area contributed by atoms with Gasteiger partial charge in [-0.05, 0) is 61.8 Å². The number of ether oxygens (including phenoxy) is 1. The van der Waals surface area contributed by atoms with Gasteiger partial charge in [0.2, 0.25) is 0 Å². The molecule has 82 valence electrons. The van der Waals surface area contributed by atoms with Gasteiger partial charge in [0, 0.05) is 13.2 Å². The van der Waals surface area contributed by atoms with Crippen LogP contribution in [0.4, 0.5) is 0 Å². The normalized spacial score (nSPS) is 18.1. The van der Waals surface area contributed by atoms with E-state index in [2.05, 4.69) is 32.9 Å². The van der Waals surface area contributed by atoms with E-state index in [0.717, 1.165) is 19.1 Å². The third kappa shape index (κ3) is 2.23. The van der Waals surface area contributed by atoms with E-state index in [0.29, 0.717) is 0 Å². The molecule has 1 saturated heterocycles. The Labute approximate surface area is 92.5 Å². The first kappa shape index (κ1) is 10.7. The van der Waals surface area contributed by atoms with Crippen molar-refractivity contribution in [2.24, 2.45) is 0 Å². The molecule has 0 radical (unpaired) electrons. The van der Waals surface area contributed by atoms with Crippen LogP contribution >= 0.6 is 0 Å². The van der Waals surface area contributed by atoms with Gasteiger partial charge in [0.25, 0.3) is 0 Å². The molecule has 0 aliphatic carbocycles. The van der Waals surface area contributed by atoms with E-state index in [-0.39, 0.29) is 0 Å². The molecule has 0 unspecified atom stereocenters. The van der Waals surface area contributed by atoms with Crippen molar-refractivity contribution >= 4 is 0 Å². The molecule has 1 heteroatoms. The van der Waals surface area contributed by atoms with Crippen LogP contribution in [0, 0.1) is 20.8 Å². The molecular weight excluding hydrogens is 184 g/mol. The Balaban J connectivity index is 2.30. The van der Waals surface area contributed by atoms with Crippen LogP contribution in [0.3, 0.4) is 0 Å². The Morgan fingerprint density at radius 3 is 2.20 bits per heavy atom. The molecule has 0 amide bonds. The molecule has 1 aromatic carbocycles. The maximum atomic E-state index is 5.42. The summed E-state index contributed by atoms with van der Waals surface area (Å²) < 4.78 is 5.42. The quantitative estimate of drug-likeness (QED) is 0.680. The topological polar surface area (TPSA) is 9.23 Å². The van der Waals surface area contributed by atoms with Gasteiger partial charge in [-0.15, -0.1) is 0 Å². The summed E-state index contributed by atoms with van der Waals surface area (Å²) in [5, 5.41) is 0. The van der Waals surface area contributed by atoms with Crippen LogP contribution in [0.15, 0.2) is 12.1 Å². The van der Waals surface area contributed by atoms with E-state index in [4.69, 9.17) is 4.74 Å². The van der Waals surface area contributed by atoms with Gasteiger partial charge in [0.15, 0.2) is 0 Å². The zero-order valence-corrected chi connectivity index (χ0v) is 9.97. The van der Waals surface area contributed by atoms with Gasteiger partial charge >= 0.3 is 0 Å². The van der Waals surface area contributed by atoms with Crippen LogP contribution in [-0.2, 0) is 4.74 Å². The number of hydrogen-bond acceptors (Lipinski definition) is 1. The van der Waals surface area contributed by atoms with E-state index >= 15 is 0 Å². The molecule has 1 aliphatic rings. The first-order valence-corrected chi connectivity index (χ1v) is 5.84. The molecule has 1 nitrogen and oxygen atoms in total. The zero-order chi connectivity index (χ0) is 10.8. The minimum absolute atomic E-state index is 0.720. The minimum atomic E-state index is 0.720. The number of benzene rings is 1. The summed E-state index contributed by atoms with van der Waals surface area (Å²) in [6.07, 6.45) is 2.37. The van der Waals surface area contributed by atoms with E-state index in [1.165, 1.54) is 29.5 Å². The summed E-state index contributed by atoms with van der Waals surface area (Å²) in [4.78, 5) is 0. The summed E-state index contributed by atoms with van der Waals surface area (Å²) in [6, 6.07) is 4.70. The summed E-state index contributed by atoms with van der Waals surface area (Å²) in [5.41, 5.74) is 5.82. The molecule has 1 fully saturated rings. The lowest BCUT2D eigenvalue weighted by Crippen LogP contribution is -2.15. The van der Waals surface area contributed by atoms with Gasteiger partial charge in [0.05, 0.1) is 0 Å². The predicted molar refractivity (Wildman–Crippen MR) is 63.4 cm³/mol. The maximum Gasteiger partial charge on any atom is 0.0471 e. The van der Waals surface area contributed by atoms with E-state index < -0.39 is 0 Å². The first-order valence-electron chi connectivity index (χ1n) is 5.84. The predicted octanol–water partition coefficient (Wildman–Crippen LogP) is 3.51. The highest BCUT2D eigenvalue weighted by molar-refractivity contribution is 5.38. The van der Waals surface area contributed by atoms with Gasteiger partial charge in [-0.25, -0.2) is 0 Å². The first-order chi connectivity index (χ1) is 7.18. The molecule has 1 aromatic rings. The molecule has 0 aromatic heterocycles. The second-order valence-corrected chi connectivity index (χ2v) is 4.68. The van der Waals surface area contributed by atoms with Crippen molar-refractivity contribution in [1.29, 1.82) is 0 Å². The van der Waals surface area contributed by atoms with Crippen molar-refractivity contribution in [2.75, 3.05) is 13.2 Å². The SMILES string of the molecule is Cc1cc(C)c(C2CCOCC2)cc1C.